The Kier molecular flexibility index (Phi) is 9.60. The van der Waals surface area contributed by atoms with Gasteiger partial charge in [0.25, 0.3) is 0 Å². The highest BCUT2D eigenvalue weighted by molar-refractivity contribution is 6.01. The molecule has 4 heterocycles. The van der Waals surface area contributed by atoms with Crippen molar-refractivity contribution >= 4 is 39.8 Å². The Bertz CT molecular complexity index is 3170. The summed E-state index contributed by atoms with van der Waals surface area (Å²) in [6.07, 6.45) is 9.81. The normalized spacial score (nSPS) is 26.3. The van der Waals surface area contributed by atoms with E-state index in [0.717, 1.165) is 6.42 Å². The van der Waals surface area contributed by atoms with Gasteiger partial charge in [-0.15, -0.1) is 0 Å². The van der Waals surface area contributed by atoms with Crippen LogP contribution in [0, 0.1) is 13.8 Å². The van der Waals surface area contributed by atoms with Crippen LogP contribution in [-0.2, 0) is 27.1 Å². The molecular formula is C67H79N3. The van der Waals surface area contributed by atoms with Crippen LogP contribution in [0.3, 0.4) is 0 Å². The van der Waals surface area contributed by atoms with E-state index in [0.29, 0.717) is 0 Å². The van der Waals surface area contributed by atoms with Crippen molar-refractivity contribution < 1.29 is 0 Å². The quantitative estimate of drug-likeness (QED) is 0.175. The summed E-state index contributed by atoms with van der Waals surface area (Å²) in [6, 6.07) is 41.9. The van der Waals surface area contributed by atoms with Crippen LogP contribution < -0.4 is 14.7 Å². The molecule has 362 valence electrons. The van der Waals surface area contributed by atoms with Gasteiger partial charge in [0.1, 0.15) is 0 Å². The van der Waals surface area contributed by atoms with Crippen LogP contribution in [0.5, 0.6) is 0 Å². The van der Waals surface area contributed by atoms with Crippen molar-refractivity contribution in [3.05, 3.63) is 159 Å². The molecule has 0 aromatic heterocycles. The fraction of sp³-hybridized carbons (Fsp3) is 0.463. The topological polar surface area (TPSA) is 9.72 Å². The van der Waals surface area contributed by atoms with E-state index >= 15 is 0 Å². The van der Waals surface area contributed by atoms with Gasteiger partial charge >= 0.3 is 0 Å². The molecule has 5 atom stereocenters. The zero-order chi connectivity index (χ0) is 49.5. The molecule has 12 rings (SSSR count). The van der Waals surface area contributed by atoms with Gasteiger partial charge in [-0.2, -0.15) is 0 Å². The second-order valence-electron chi connectivity index (χ2n) is 27.0. The van der Waals surface area contributed by atoms with Gasteiger partial charge in [0, 0.05) is 39.2 Å². The van der Waals surface area contributed by atoms with Crippen molar-refractivity contribution in [3.63, 3.8) is 0 Å². The predicted molar refractivity (Wildman–Crippen MR) is 299 cm³/mol. The number of hydrogen-bond acceptors (Lipinski definition) is 3. The lowest BCUT2D eigenvalue weighted by Gasteiger charge is -2.54. The number of aryl methyl sites for hydroxylation is 2. The van der Waals surface area contributed by atoms with Gasteiger partial charge in [-0.1, -0.05) is 169 Å². The van der Waals surface area contributed by atoms with Crippen LogP contribution in [-0.4, -0.2) is 11.1 Å². The van der Waals surface area contributed by atoms with Crippen molar-refractivity contribution in [2.24, 2.45) is 0 Å². The second kappa shape index (κ2) is 14.7. The summed E-state index contributed by atoms with van der Waals surface area (Å²) in [6.45, 7) is 36.8. The lowest BCUT2D eigenvalue weighted by molar-refractivity contribution is 0.193. The molecule has 70 heavy (non-hydrogen) atoms. The maximum absolute atomic E-state index is 2.98. The molecule has 6 aromatic rings. The van der Waals surface area contributed by atoms with Crippen LogP contribution in [0.4, 0.5) is 39.8 Å². The maximum Gasteiger partial charge on any atom is 0.0545 e. The minimum Gasteiger partial charge on any atom is -0.334 e. The third-order valence-electron chi connectivity index (χ3n) is 19.8. The Morgan fingerprint density at radius 2 is 1.03 bits per heavy atom. The minimum atomic E-state index is -0.107. The average Bonchev–Trinajstić information content (AvgIpc) is 3.65. The highest BCUT2D eigenvalue weighted by atomic mass is 15.3. The Morgan fingerprint density at radius 3 is 1.69 bits per heavy atom. The Morgan fingerprint density at radius 1 is 0.471 bits per heavy atom. The van der Waals surface area contributed by atoms with E-state index in [9.17, 15) is 0 Å². The summed E-state index contributed by atoms with van der Waals surface area (Å²) in [5.74, 6) is 0.0852. The van der Waals surface area contributed by atoms with Gasteiger partial charge in [0.05, 0.1) is 39.5 Å². The molecular weight excluding hydrogens is 847 g/mol. The largest absolute Gasteiger partial charge is 0.334 e. The fourth-order valence-corrected chi connectivity index (χ4v) is 15.5. The van der Waals surface area contributed by atoms with Crippen molar-refractivity contribution in [3.8, 4) is 11.1 Å². The summed E-state index contributed by atoms with van der Waals surface area (Å²) < 4.78 is 0. The molecule has 0 N–H and O–H groups in total. The molecule has 0 amide bonds. The molecule has 0 bridgehead atoms. The van der Waals surface area contributed by atoms with Crippen LogP contribution in [0.2, 0.25) is 0 Å². The summed E-state index contributed by atoms with van der Waals surface area (Å²) in [5, 5.41) is 0. The molecule has 4 aliphatic heterocycles. The van der Waals surface area contributed by atoms with Crippen molar-refractivity contribution in [1.29, 1.82) is 0 Å². The van der Waals surface area contributed by atoms with Crippen molar-refractivity contribution in [2.75, 3.05) is 14.7 Å². The van der Waals surface area contributed by atoms with Crippen LogP contribution in [0.15, 0.2) is 103 Å². The first-order chi connectivity index (χ1) is 32.9. The number of rotatable bonds is 3. The molecule has 5 unspecified atom stereocenters. The smallest absolute Gasteiger partial charge is 0.0545 e. The standard InChI is InChI=1S/C67H79N3/c1-41-35-42(2)59-60-56(41)57-48-28-25-46(63(9,10)11)38-53(48)68(51-29-26-44(61(3,4)5)36-49(51)43-23-17-16-18-24-43)54-39-47(40-55(58(54)57)70(60)67(15)34-22-20-32-65(59,67)13)69-52-30-27-45(62(6,7)8)37-50(52)64(12)31-19-21-33-66(64,69)14/h16-18,23-30,35-40,57H,19-22,31-34H2,1-15H3. The number of anilines is 7. The Hall–Kier alpha value is -5.28. The van der Waals surface area contributed by atoms with Gasteiger partial charge < -0.3 is 14.7 Å². The third kappa shape index (κ3) is 5.99. The summed E-state index contributed by atoms with van der Waals surface area (Å²) in [5.41, 5.74) is 26.6. The van der Waals surface area contributed by atoms with Gasteiger partial charge in [-0.25, -0.2) is 0 Å². The summed E-state index contributed by atoms with van der Waals surface area (Å²) >= 11 is 0. The molecule has 6 aromatic carbocycles. The number of hydrogen-bond donors (Lipinski definition) is 0. The zero-order valence-corrected chi connectivity index (χ0v) is 45.4. The number of benzene rings is 6. The van der Waals surface area contributed by atoms with Crippen molar-refractivity contribution in [2.45, 2.75) is 199 Å². The molecule has 0 saturated heterocycles. The van der Waals surface area contributed by atoms with E-state index in [4.69, 9.17) is 0 Å². The van der Waals surface area contributed by atoms with Crippen LogP contribution >= 0.6 is 0 Å². The maximum atomic E-state index is 2.98. The molecule has 2 fully saturated rings. The highest BCUT2D eigenvalue weighted by Gasteiger charge is 2.63. The fourth-order valence-electron chi connectivity index (χ4n) is 15.5. The molecule has 3 nitrogen and oxygen atoms in total. The molecule has 0 spiro atoms. The van der Waals surface area contributed by atoms with E-state index in [1.807, 2.05) is 0 Å². The lowest BCUT2D eigenvalue weighted by Crippen LogP contribution is -2.56. The van der Waals surface area contributed by atoms with Gasteiger partial charge in [-0.3, -0.25) is 0 Å². The predicted octanol–water partition coefficient (Wildman–Crippen LogP) is 18.6. The number of fused-ring (bicyclic) bond motifs is 10. The van der Waals surface area contributed by atoms with Crippen LogP contribution in [0.25, 0.3) is 11.1 Å². The molecule has 6 aliphatic rings. The lowest BCUT2D eigenvalue weighted by atomic mass is 9.61. The van der Waals surface area contributed by atoms with E-state index < -0.39 is 0 Å². The first kappa shape index (κ1) is 45.8. The van der Waals surface area contributed by atoms with Crippen LogP contribution in [0.1, 0.15) is 203 Å². The first-order valence-electron chi connectivity index (χ1n) is 27.1. The summed E-state index contributed by atoms with van der Waals surface area (Å²) in [4.78, 5) is 8.62. The van der Waals surface area contributed by atoms with E-state index in [1.165, 1.54) is 140 Å². The monoisotopic (exact) mass is 926 g/mol. The Balaban J connectivity index is 1.24. The number of nitrogens with zero attached hydrogens (tertiary/aromatic N) is 3. The Labute approximate surface area is 421 Å². The van der Waals surface area contributed by atoms with E-state index in [1.54, 1.807) is 11.1 Å². The average molecular weight is 926 g/mol. The molecule has 2 saturated carbocycles. The minimum absolute atomic E-state index is 0.00420. The third-order valence-corrected chi connectivity index (χ3v) is 19.8. The molecule has 3 heteroatoms. The van der Waals surface area contributed by atoms with Gasteiger partial charge in [0.2, 0.25) is 0 Å². The zero-order valence-electron chi connectivity index (χ0n) is 45.4. The van der Waals surface area contributed by atoms with Crippen molar-refractivity contribution in [1.82, 2.24) is 0 Å². The first-order valence-corrected chi connectivity index (χ1v) is 27.1. The summed E-state index contributed by atoms with van der Waals surface area (Å²) in [7, 11) is 0. The molecule has 0 radical (unpaired) electrons. The highest BCUT2D eigenvalue weighted by Crippen LogP contribution is 2.71. The van der Waals surface area contributed by atoms with Gasteiger partial charge in [-0.05, 0) is 162 Å². The van der Waals surface area contributed by atoms with E-state index in [-0.39, 0.29) is 44.1 Å². The van der Waals surface area contributed by atoms with E-state index in [2.05, 4.69) is 222 Å². The SMILES string of the molecule is Cc1cc(C)c2c3c1C1c4ccc(C(C)(C)C)cc4N(c4ccc(C(C)(C)C)cc4-c4ccccc4)c4cc(N5c6ccc(C(C)(C)C)cc6C6(C)CCCCC56C)cc(c41)N3C1(C)CCCCC21C. The second-order valence-corrected chi connectivity index (χ2v) is 27.0. The van der Waals surface area contributed by atoms with Gasteiger partial charge in [0.15, 0.2) is 0 Å². The molecule has 2 aliphatic carbocycles.